The average Bonchev–Trinajstić information content (AvgIpc) is 3.28. The van der Waals surface area contributed by atoms with E-state index in [1.54, 1.807) is 23.5 Å². The minimum Gasteiger partial charge on any atom is -0.477 e. The van der Waals surface area contributed by atoms with Gasteiger partial charge in [0.1, 0.15) is 18.8 Å². The van der Waals surface area contributed by atoms with E-state index >= 15 is 0 Å². The maximum Gasteiger partial charge on any atom is 0.220 e. The van der Waals surface area contributed by atoms with Gasteiger partial charge in [-0.2, -0.15) is 0 Å². The van der Waals surface area contributed by atoms with Crippen LogP contribution in [0, 0.1) is 0 Å². The van der Waals surface area contributed by atoms with Crippen LogP contribution in [0.1, 0.15) is 12.8 Å². The lowest BCUT2D eigenvalue weighted by Crippen LogP contribution is -2.23. The van der Waals surface area contributed by atoms with Gasteiger partial charge in [0.25, 0.3) is 0 Å². The quantitative estimate of drug-likeness (QED) is 0.265. The van der Waals surface area contributed by atoms with Crippen LogP contribution < -0.4 is 0 Å². The molecule has 0 radical (unpaired) electrons. The lowest BCUT2D eigenvalue weighted by atomic mass is 10.4. The molecule has 3 unspecified atom stereocenters. The Bertz CT molecular complexity index is 429. The second kappa shape index (κ2) is 15.1. The molecule has 162 valence electrons. The molecule has 0 spiro atoms. The van der Waals surface area contributed by atoms with Crippen molar-refractivity contribution in [3.63, 3.8) is 0 Å². The Morgan fingerprint density at radius 3 is 2.18 bits per heavy atom. The van der Waals surface area contributed by atoms with Gasteiger partial charge in [-0.15, -0.1) is 0 Å². The van der Waals surface area contributed by atoms with Crippen molar-refractivity contribution in [1.82, 2.24) is 0 Å². The molecule has 0 bridgehead atoms. The predicted molar refractivity (Wildman–Crippen MR) is 118 cm³/mol. The van der Waals surface area contributed by atoms with Crippen molar-refractivity contribution in [1.29, 1.82) is 0 Å². The summed E-state index contributed by atoms with van der Waals surface area (Å²) >= 11 is 13.0. The molecular formula is C17H28O7S4. The average molecular weight is 473 g/mol. The van der Waals surface area contributed by atoms with E-state index in [-0.39, 0.29) is 19.3 Å². The van der Waals surface area contributed by atoms with Crippen LogP contribution >= 0.6 is 48.0 Å². The van der Waals surface area contributed by atoms with Crippen molar-refractivity contribution < 1.29 is 33.5 Å². The van der Waals surface area contributed by atoms with Gasteiger partial charge in [0.2, 0.25) is 8.77 Å². The number of aliphatic hydroxyl groups is 1. The summed E-state index contributed by atoms with van der Waals surface area (Å²) in [6.07, 6.45) is 0.989. The topological polar surface area (TPSA) is 75.6 Å². The highest BCUT2D eigenvalue weighted by atomic mass is 32.2. The zero-order chi connectivity index (χ0) is 20.0. The molecule has 0 saturated carbocycles. The number of ether oxygens (including phenoxy) is 6. The summed E-state index contributed by atoms with van der Waals surface area (Å²) in [4.78, 5) is 0. The molecule has 0 amide bonds. The standard InChI is InChI=1S/C17H28O7S4/c18-13(7-19-3-1-5-21-9-14-12-27-17(26)24-14)8-20-4-2-6-22-10-15-11-23-16(25)28-15/h13-15,18H,1-12H2. The van der Waals surface area contributed by atoms with E-state index in [0.29, 0.717) is 60.3 Å². The normalized spacial score (nSPS) is 23.0. The van der Waals surface area contributed by atoms with Crippen LogP contribution in [-0.2, 0) is 28.4 Å². The lowest BCUT2D eigenvalue weighted by Gasteiger charge is -2.13. The van der Waals surface area contributed by atoms with Gasteiger partial charge in [0.15, 0.2) is 0 Å². The first-order chi connectivity index (χ1) is 13.6. The van der Waals surface area contributed by atoms with Crippen LogP contribution in [0.2, 0.25) is 0 Å². The fraction of sp³-hybridized carbons (Fsp3) is 0.882. The van der Waals surface area contributed by atoms with Gasteiger partial charge in [0, 0.05) is 32.2 Å². The Morgan fingerprint density at radius 2 is 1.61 bits per heavy atom. The fourth-order valence-corrected chi connectivity index (χ4v) is 4.55. The van der Waals surface area contributed by atoms with Gasteiger partial charge in [-0.25, -0.2) is 0 Å². The molecule has 7 nitrogen and oxygen atoms in total. The molecule has 2 heterocycles. The van der Waals surface area contributed by atoms with Crippen LogP contribution in [0.15, 0.2) is 0 Å². The highest BCUT2D eigenvalue weighted by Crippen LogP contribution is 2.22. The summed E-state index contributed by atoms with van der Waals surface area (Å²) < 4.78 is 33.8. The van der Waals surface area contributed by atoms with Gasteiger partial charge >= 0.3 is 0 Å². The van der Waals surface area contributed by atoms with Crippen LogP contribution in [0.25, 0.3) is 0 Å². The SMILES string of the molecule is OC(COCCCOCC1CSC(=S)O1)COCCCOCC1COC(=S)S1. The molecule has 2 saturated heterocycles. The Balaban J connectivity index is 1.28. The third-order valence-electron chi connectivity index (χ3n) is 3.68. The van der Waals surface area contributed by atoms with Crippen molar-refractivity contribution >= 4 is 56.7 Å². The van der Waals surface area contributed by atoms with Crippen molar-refractivity contribution in [3.05, 3.63) is 0 Å². The maximum atomic E-state index is 9.82. The fourth-order valence-electron chi connectivity index (χ4n) is 2.34. The molecule has 0 aromatic rings. The number of hydrogen-bond donors (Lipinski definition) is 1. The Hall–Kier alpha value is 0.280. The van der Waals surface area contributed by atoms with Crippen molar-refractivity contribution in [2.24, 2.45) is 0 Å². The maximum absolute atomic E-state index is 9.82. The van der Waals surface area contributed by atoms with Gasteiger partial charge in [-0.3, -0.25) is 0 Å². The van der Waals surface area contributed by atoms with Crippen LogP contribution in [-0.4, -0.2) is 96.5 Å². The molecular weight excluding hydrogens is 444 g/mol. The Kier molecular flexibility index (Phi) is 13.3. The van der Waals surface area contributed by atoms with E-state index in [1.807, 2.05) is 0 Å². The van der Waals surface area contributed by atoms with Crippen molar-refractivity contribution in [3.8, 4) is 0 Å². The molecule has 1 N–H and O–H groups in total. The van der Waals surface area contributed by atoms with Crippen molar-refractivity contribution in [2.45, 2.75) is 30.3 Å². The first kappa shape index (κ1) is 24.5. The number of thioether (sulfide) groups is 2. The molecule has 2 rings (SSSR count). The number of thiocarbonyl (C=S) groups is 2. The summed E-state index contributed by atoms with van der Waals surface area (Å²) in [5.41, 5.74) is 0. The Labute approximate surface area is 185 Å². The zero-order valence-electron chi connectivity index (χ0n) is 15.7. The first-order valence-corrected chi connectivity index (χ1v) is 12.0. The van der Waals surface area contributed by atoms with Gasteiger partial charge in [0.05, 0.1) is 31.7 Å². The minimum absolute atomic E-state index is 0.0663. The van der Waals surface area contributed by atoms with Crippen LogP contribution in [0.3, 0.4) is 0 Å². The van der Waals surface area contributed by atoms with Crippen LogP contribution in [0.5, 0.6) is 0 Å². The molecule has 0 aromatic heterocycles. The third kappa shape index (κ3) is 11.5. The molecule has 11 heteroatoms. The molecule has 28 heavy (non-hydrogen) atoms. The van der Waals surface area contributed by atoms with Gasteiger partial charge < -0.3 is 33.5 Å². The van der Waals surface area contributed by atoms with Crippen molar-refractivity contribution in [2.75, 3.05) is 65.2 Å². The second-order valence-electron chi connectivity index (χ2n) is 6.26. The van der Waals surface area contributed by atoms with Crippen LogP contribution in [0.4, 0.5) is 0 Å². The van der Waals surface area contributed by atoms with E-state index in [4.69, 9.17) is 52.9 Å². The van der Waals surface area contributed by atoms with E-state index < -0.39 is 6.10 Å². The highest BCUT2D eigenvalue weighted by molar-refractivity contribution is 8.23. The van der Waals surface area contributed by atoms with E-state index in [0.717, 1.165) is 18.6 Å². The molecule has 2 aliphatic rings. The molecule has 2 fully saturated rings. The summed E-state index contributed by atoms with van der Waals surface area (Å²) in [5, 5.41) is 10.1. The number of hydrogen-bond acceptors (Lipinski definition) is 11. The zero-order valence-corrected chi connectivity index (χ0v) is 19.0. The third-order valence-corrected chi connectivity index (χ3v) is 6.33. The van der Waals surface area contributed by atoms with Gasteiger partial charge in [-0.05, 0) is 37.3 Å². The summed E-state index contributed by atoms with van der Waals surface area (Å²) in [6.45, 7) is 4.62. The lowest BCUT2D eigenvalue weighted by molar-refractivity contribution is -0.0274. The monoisotopic (exact) mass is 472 g/mol. The molecule has 0 aliphatic carbocycles. The van der Waals surface area contributed by atoms with E-state index in [2.05, 4.69) is 0 Å². The molecule has 3 atom stereocenters. The molecule has 2 aliphatic heterocycles. The molecule has 0 aromatic carbocycles. The Morgan fingerprint density at radius 1 is 0.964 bits per heavy atom. The smallest absolute Gasteiger partial charge is 0.220 e. The number of aliphatic hydroxyl groups excluding tert-OH is 1. The summed E-state index contributed by atoms with van der Waals surface area (Å²) in [6, 6.07) is 0. The van der Waals surface area contributed by atoms with E-state index in [9.17, 15) is 5.11 Å². The number of rotatable bonds is 16. The second-order valence-corrected chi connectivity index (χ2v) is 9.79. The first-order valence-electron chi connectivity index (χ1n) is 9.29. The summed E-state index contributed by atoms with van der Waals surface area (Å²) in [5.74, 6) is 0.858. The predicted octanol–water partition coefficient (Wildman–Crippen LogP) is 2.03. The van der Waals surface area contributed by atoms with E-state index in [1.165, 1.54) is 0 Å². The van der Waals surface area contributed by atoms with Gasteiger partial charge in [-0.1, -0.05) is 23.5 Å². The minimum atomic E-state index is -0.625. The largest absolute Gasteiger partial charge is 0.477 e. The highest BCUT2D eigenvalue weighted by Gasteiger charge is 2.22. The summed E-state index contributed by atoms with van der Waals surface area (Å²) in [7, 11) is 0.